The van der Waals surface area contributed by atoms with Crippen molar-refractivity contribution in [3.8, 4) is 0 Å². The third kappa shape index (κ3) is 5.92. The summed E-state index contributed by atoms with van der Waals surface area (Å²) < 4.78 is 0. The van der Waals surface area contributed by atoms with Crippen LogP contribution >= 0.6 is 0 Å². The summed E-state index contributed by atoms with van der Waals surface area (Å²) in [5.41, 5.74) is 0.286. The molecule has 0 bridgehead atoms. The molecule has 0 saturated heterocycles. The van der Waals surface area contributed by atoms with Gasteiger partial charge in [-0.15, -0.1) is 0 Å². The van der Waals surface area contributed by atoms with Gasteiger partial charge in [0.25, 0.3) is 0 Å². The van der Waals surface area contributed by atoms with E-state index in [4.69, 9.17) is 5.11 Å². The van der Waals surface area contributed by atoms with Crippen molar-refractivity contribution < 1.29 is 29.3 Å². The van der Waals surface area contributed by atoms with Crippen LogP contribution in [-0.4, -0.2) is 28.9 Å². The van der Waals surface area contributed by atoms with Crippen LogP contribution in [0, 0.1) is 0 Å². The third-order valence-electron chi connectivity index (χ3n) is 1.62. The maximum atomic E-state index is 11.2. The fourth-order valence-corrected chi connectivity index (χ4v) is 0.767. The van der Waals surface area contributed by atoms with Crippen LogP contribution in [0.4, 0.5) is 0 Å². The van der Waals surface area contributed by atoms with Crippen molar-refractivity contribution >= 4 is 17.7 Å². The van der Waals surface area contributed by atoms with E-state index in [-0.39, 0.29) is 24.2 Å². The highest BCUT2D eigenvalue weighted by Crippen LogP contribution is 2.03. The lowest BCUT2D eigenvalue weighted by molar-refractivity contribution is -0.287. The van der Waals surface area contributed by atoms with Gasteiger partial charge in [0.15, 0.2) is 11.9 Å². The van der Waals surface area contributed by atoms with E-state index in [2.05, 4.69) is 16.4 Å². The van der Waals surface area contributed by atoms with Gasteiger partial charge in [0.1, 0.15) is 0 Å². The molecule has 0 spiro atoms. The van der Waals surface area contributed by atoms with Crippen LogP contribution in [0.5, 0.6) is 0 Å². The Labute approximate surface area is 92.8 Å². The molecule has 0 aliphatic carbocycles. The molecule has 0 heterocycles. The summed E-state index contributed by atoms with van der Waals surface area (Å²) in [6.07, 6.45) is -1.58. The Morgan fingerprint density at radius 3 is 2.31 bits per heavy atom. The van der Waals surface area contributed by atoms with Gasteiger partial charge < -0.3 is 5.11 Å². The minimum Gasteiger partial charge on any atom is -0.481 e. The first-order valence-electron chi connectivity index (χ1n) is 4.62. The van der Waals surface area contributed by atoms with Gasteiger partial charge in [-0.3, -0.25) is 14.5 Å². The molecule has 0 aromatic rings. The fourth-order valence-electron chi connectivity index (χ4n) is 0.767. The Morgan fingerprint density at radius 2 is 1.88 bits per heavy atom. The standard InChI is InChI=1S/C10H14O6/c1-6(2)10(14)7(3)15-16-9(13)5-4-8(11)12/h7H,1,4-5H2,2-3H3,(H,11,12). The lowest BCUT2D eigenvalue weighted by Crippen LogP contribution is -2.23. The molecule has 90 valence electrons. The molecular weight excluding hydrogens is 216 g/mol. The number of rotatable bonds is 7. The highest BCUT2D eigenvalue weighted by Gasteiger charge is 2.17. The normalized spacial score (nSPS) is 11.6. The zero-order valence-electron chi connectivity index (χ0n) is 9.19. The number of Topliss-reactive ketones (excluding diaryl/α,β-unsaturated/α-hetero) is 1. The van der Waals surface area contributed by atoms with Crippen LogP contribution in [0.15, 0.2) is 12.2 Å². The molecule has 1 unspecified atom stereocenters. The van der Waals surface area contributed by atoms with Crippen LogP contribution in [0.3, 0.4) is 0 Å². The van der Waals surface area contributed by atoms with Gasteiger partial charge in [0, 0.05) is 0 Å². The Kier molecular flexibility index (Phi) is 6.02. The fraction of sp³-hybridized carbons (Fsp3) is 0.500. The minimum atomic E-state index is -1.11. The average molecular weight is 230 g/mol. The van der Waals surface area contributed by atoms with Gasteiger partial charge >= 0.3 is 11.9 Å². The smallest absolute Gasteiger partial charge is 0.342 e. The predicted molar refractivity (Wildman–Crippen MR) is 53.3 cm³/mol. The van der Waals surface area contributed by atoms with Crippen molar-refractivity contribution in [1.29, 1.82) is 0 Å². The van der Waals surface area contributed by atoms with Crippen molar-refractivity contribution in [3.05, 3.63) is 12.2 Å². The number of aliphatic carboxylic acids is 1. The van der Waals surface area contributed by atoms with Gasteiger partial charge in [0.05, 0.1) is 12.8 Å². The van der Waals surface area contributed by atoms with Gasteiger partial charge in [-0.25, -0.2) is 4.79 Å². The lowest BCUT2D eigenvalue weighted by atomic mass is 10.1. The van der Waals surface area contributed by atoms with E-state index in [1.807, 2.05) is 0 Å². The summed E-state index contributed by atoms with van der Waals surface area (Å²) in [6.45, 7) is 6.33. The molecule has 6 heteroatoms. The predicted octanol–water partition coefficient (Wildman–Crippen LogP) is 0.860. The van der Waals surface area contributed by atoms with E-state index in [1.54, 1.807) is 0 Å². The number of hydrogen-bond acceptors (Lipinski definition) is 5. The monoisotopic (exact) mass is 230 g/mol. The molecule has 0 radical (unpaired) electrons. The van der Waals surface area contributed by atoms with E-state index in [0.29, 0.717) is 0 Å². The molecule has 6 nitrogen and oxygen atoms in total. The van der Waals surface area contributed by atoms with Crippen molar-refractivity contribution in [2.45, 2.75) is 32.8 Å². The number of carboxylic acids is 1. The van der Waals surface area contributed by atoms with E-state index in [9.17, 15) is 14.4 Å². The number of carbonyl (C=O) groups is 3. The summed E-state index contributed by atoms with van der Waals surface area (Å²) in [4.78, 5) is 41.0. The maximum Gasteiger partial charge on any atom is 0.342 e. The first-order valence-corrected chi connectivity index (χ1v) is 4.62. The Bertz CT molecular complexity index is 306. The largest absolute Gasteiger partial charge is 0.481 e. The summed E-state index contributed by atoms with van der Waals surface area (Å²) in [6, 6.07) is 0. The summed E-state index contributed by atoms with van der Waals surface area (Å²) in [7, 11) is 0. The second kappa shape index (κ2) is 6.73. The number of ketones is 1. The van der Waals surface area contributed by atoms with Crippen molar-refractivity contribution in [2.75, 3.05) is 0 Å². The third-order valence-corrected chi connectivity index (χ3v) is 1.62. The molecular formula is C10H14O6. The van der Waals surface area contributed by atoms with Gasteiger partial charge in [-0.05, 0) is 19.4 Å². The second-order valence-electron chi connectivity index (χ2n) is 3.23. The van der Waals surface area contributed by atoms with Crippen LogP contribution < -0.4 is 0 Å². The highest BCUT2D eigenvalue weighted by atomic mass is 17.2. The molecule has 0 amide bonds. The molecule has 0 fully saturated rings. The van der Waals surface area contributed by atoms with E-state index >= 15 is 0 Å². The SMILES string of the molecule is C=C(C)C(=O)C(C)OOC(=O)CCC(=O)O. The minimum absolute atomic E-state index is 0.286. The number of carboxylic acid groups (broad SMARTS) is 1. The van der Waals surface area contributed by atoms with Crippen molar-refractivity contribution in [3.63, 3.8) is 0 Å². The average Bonchev–Trinajstić information content (AvgIpc) is 2.21. The quantitative estimate of drug-likeness (QED) is 0.396. The zero-order valence-corrected chi connectivity index (χ0v) is 9.19. The van der Waals surface area contributed by atoms with Gasteiger partial charge in [-0.1, -0.05) is 6.58 Å². The van der Waals surface area contributed by atoms with E-state index < -0.39 is 18.0 Å². The molecule has 16 heavy (non-hydrogen) atoms. The molecule has 0 aliphatic heterocycles. The van der Waals surface area contributed by atoms with Crippen LogP contribution in [0.25, 0.3) is 0 Å². The van der Waals surface area contributed by atoms with Crippen molar-refractivity contribution in [2.24, 2.45) is 0 Å². The Morgan fingerprint density at radius 1 is 1.31 bits per heavy atom. The Hall–Kier alpha value is -1.69. The number of hydrogen-bond donors (Lipinski definition) is 1. The van der Waals surface area contributed by atoms with Crippen LogP contribution in [0.1, 0.15) is 26.7 Å². The second-order valence-corrected chi connectivity index (χ2v) is 3.23. The van der Waals surface area contributed by atoms with Gasteiger partial charge in [-0.2, -0.15) is 4.89 Å². The zero-order chi connectivity index (χ0) is 12.7. The molecule has 0 rings (SSSR count). The highest BCUT2D eigenvalue weighted by molar-refractivity contribution is 5.97. The first-order chi connectivity index (χ1) is 7.34. The summed E-state index contributed by atoms with van der Waals surface area (Å²) in [5.74, 6) is -2.32. The molecule has 0 aromatic carbocycles. The first kappa shape index (κ1) is 14.3. The van der Waals surface area contributed by atoms with Crippen LogP contribution in [0.2, 0.25) is 0 Å². The van der Waals surface area contributed by atoms with Crippen molar-refractivity contribution in [1.82, 2.24) is 0 Å². The molecule has 1 N–H and O–H groups in total. The van der Waals surface area contributed by atoms with Gasteiger partial charge in [0.2, 0.25) is 0 Å². The van der Waals surface area contributed by atoms with E-state index in [1.165, 1.54) is 13.8 Å². The molecule has 0 aliphatic rings. The maximum absolute atomic E-state index is 11.2. The Balaban J connectivity index is 3.88. The van der Waals surface area contributed by atoms with E-state index in [0.717, 1.165) is 0 Å². The molecule has 0 saturated carbocycles. The molecule has 0 aromatic heterocycles. The number of carbonyl (C=O) groups excluding carboxylic acids is 2. The summed E-state index contributed by atoms with van der Waals surface area (Å²) in [5, 5.41) is 8.29. The summed E-state index contributed by atoms with van der Waals surface area (Å²) >= 11 is 0. The topological polar surface area (TPSA) is 89.9 Å². The lowest BCUT2D eigenvalue weighted by Gasteiger charge is -2.09. The molecule has 1 atom stereocenters. The van der Waals surface area contributed by atoms with Crippen LogP contribution in [-0.2, 0) is 24.2 Å².